The standard InChI is InChI=1S/C16H13ClO2/c17-15-7-2-1-6-14(15)16(18)11-4-3-5-13(10-11)19-12-8-9-12/h1-7,10,12H,8-9H2. The molecular formula is C16H13ClO2. The van der Waals surface area contributed by atoms with E-state index in [9.17, 15) is 4.79 Å². The van der Waals surface area contributed by atoms with Gasteiger partial charge in [-0.3, -0.25) is 4.79 Å². The fraction of sp³-hybridized carbons (Fsp3) is 0.188. The molecule has 0 amide bonds. The van der Waals surface area contributed by atoms with Crippen molar-refractivity contribution in [3.63, 3.8) is 0 Å². The number of rotatable bonds is 4. The van der Waals surface area contributed by atoms with E-state index in [1.807, 2.05) is 24.3 Å². The van der Waals surface area contributed by atoms with Crippen LogP contribution in [0.15, 0.2) is 48.5 Å². The molecule has 0 saturated heterocycles. The third-order valence-corrected chi connectivity index (χ3v) is 3.37. The fourth-order valence-corrected chi connectivity index (χ4v) is 2.11. The molecule has 1 fully saturated rings. The SMILES string of the molecule is O=C(c1cccc(OC2CC2)c1)c1ccccc1Cl. The molecule has 2 aromatic rings. The van der Waals surface area contributed by atoms with Crippen molar-refractivity contribution in [1.29, 1.82) is 0 Å². The van der Waals surface area contributed by atoms with Crippen molar-refractivity contribution in [1.82, 2.24) is 0 Å². The van der Waals surface area contributed by atoms with E-state index in [0.717, 1.165) is 18.6 Å². The summed E-state index contributed by atoms with van der Waals surface area (Å²) in [6.07, 6.45) is 2.52. The molecular weight excluding hydrogens is 260 g/mol. The van der Waals surface area contributed by atoms with E-state index in [2.05, 4.69) is 0 Å². The van der Waals surface area contributed by atoms with Crippen LogP contribution in [-0.4, -0.2) is 11.9 Å². The molecule has 0 heterocycles. The molecule has 3 rings (SSSR count). The maximum atomic E-state index is 12.4. The van der Waals surface area contributed by atoms with Crippen molar-refractivity contribution >= 4 is 17.4 Å². The van der Waals surface area contributed by atoms with Crippen LogP contribution in [0.4, 0.5) is 0 Å². The van der Waals surface area contributed by atoms with E-state index in [1.165, 1.54) is 0 Å². The molecule has 19 heavy (non-hydrogen) atoms. The Balaban J connectivity index is 1.88. The molecule has 0 radical (unpaired) electrons. The van der Waals surface area contributed by atoms with Crippen LogP contribution in [0.3, 0.4) is 0 Å². The summed E-state index contributed by atoms with van der Waals surface area (Å²) < 4.78 is 5.70. The third kappa shape index (κ3) is 2.79. The quantitative estimate of drug-likeness (QED) is 0.783. The minimum atomic E-state index is -0.0770. The summed E-state index contributed by atoms with van der Waals surface area (Å²) in [5.41, 5.74) is 1.12. The van der Waals surface area contributed by atoms with Gasteiger partial charge >= 0.3 is 0 Å². The van der Waals surface area contributed by atoms with E-state index in [4.69, 9.17) is 16.3 Å². The van der Waals surface area contributed by atoms with Gasteiger partial charge in [-0.25, -0.2) is 0 Å². The Kier molecular flexibility index (Phi) is 3.26. The highest BCUT2D eigenvalue weighted by molar-refractivity contribution is 6.34. The van der Waals surface area contributed by atoms with Gasteiger partial charge in [0.2, 0.25) is 0 Å². The normalized spacial score (nSPS) is 14.2. The molecule has 0 bridgehead atoms. The maximum Gasteiger partial charge on any atom is 0.194 e. The van der Waals surface area contributed by atoms with Crippen molar-refractivity contribution in [2.45, 2.75) is 18.9 Å². The summed E-state index contributed by atoms with van der Waals surface area (Å²) >= 11 is 6.05. The predicted octanol–water partition coefficient (Wildman–Crippen LogP) is 4.11. The second-order valence-corrected chi connectivity index (χ2v) is 5.06. The molecule has 0 aliphatic heterocycles. The third-order valence-electron chi connectivity index (χ3n) is 3.04. The Morgan fingerprint density at radius 3 is 2.63 bits per heavy atom. The molecule has 0 atom stereocenters. The van der Waals surface area contributed by atoms with Crippen LogP contribution in [0, 0.1) is 0 Å². The number of ketones is 1. The Labute approximate surface area is 117 Å². The summed E-state index contributed by atoms with van der Waals surface area (Å²) in [5.74, 6) is 0.673. The number of hydrogen-bond donors (Lipinski definition) is 0. The molecule has 1 saturated carbocycles. The monoisotopic (exact) mass is 272 g/mol. The summed E-state index contributed by atoms with van der Waals surface area (Å²) in [4.78, 5) is 12.4. The molecule has 0 aromatic heterocycles. The van der Waals surface area contributed by atoms with Crippen LogP contribution in [0.2, 0.25) is 5.02 Å². The fourth-order valence-electron chi connectivity index (χ4n) is 1.89. The second-order valence-electron chi connectivity index (χ2n) is 4.65. The molecule has 0 spiro atoms. The Morgan fingerprint density at radius 2 is 1.89 bits per heavy atom. The lowest BCUT2D eigenvalue weighted by Crippen LogP contribution is -2.03. The maximum absolute atomic E-state index is 12.4. The number of carbonyl (C=O) groups excluding carboxylic acids is 1. The number of hydrogen-bond acceptors (Lipinski definition) is 2. The zero-order valence-electron chi connectivity index (χ0n) is 10.3. The average molecular weight is 273 g/mol. The van der Waals surface area contributed by atoms with Crippen LogP contribution in [0.5, 0.6) is 5.75 Å². The highest BCUT2D eigenvalue weighted by Crippen LogP contribution is 2.28. The molecule has 96 valence electrons. The lowest BCUT2D eigenvalue weighted by molar-refractivity contribution is 0.103. The smallest absolute Gasteiger partial charge is 0.194 e. The summed E-state index contributed by atoms with van der Waals surface area (Å²) in [5, 5.41) is 0.473. The van der Waals surface area contributed by atoms with Crippen molar-refractivity contribution in [2.24, 2.45) is 0 Å². The molecule has 0 unspecified atom stereocenters. The van der Waals surface area contributed by atoms with Crippen molar-refractivity contribution in [3.05, 3.63) is 64.7 Å². The minimum Gasteiger partial charge on any atom is -0.490 e. The molecule has 0 N–H and O–H groups in total. The lowest BCUT2D eigenvalue weighted by atomic mass is 10.0. The highest BCUT2D eigenvalue weighted by Gasteiger charge is 2.23. The molecule has 2 aromatic carbocycles. The topological polar surface area (TPSA) is 26.3 Å². The van der Waals surface area contributed by atoms with E-state index in [1.54, 1.807) is 24.3 Å². The van der Waals surface area contributed by atoms with E-state index >= 15 is 0 Å². The number of benzene rings is 2. The number of ether oxygens (including phenoxy) is 1. The summed E-state index contributed by atoms with van der Waals surface area (Å²) in [6, 6.07) is 14.4. The molecule has 1 aliphatic rings. The lowest BCUT2D eigenvalue weighted by Gasteiger charge is -2.07. The molecule has 3 heteroatoms. The van der Waals surface area contributed by atoms with Gasteiger partial charge in [0.05, 0.1) is 11.1 Å². The largest absolute Gasteiger partial charge is 0.490 e. The van der Waals surface area contributed by atoms with Gasteiger partial charge < -0.3 is 4.74 Å². The van der Waals surface area contributed by atoms with Gasteiger partial charge in [0.15, 0.2) is 5.78 Å². The second kappa shape index (κ2) is 5.06. The van der Waals surface area contributed by atoms with Crippen LogP contribution in [0.25, 0.3) is 0 Å². The Bertz CT molecular complexity index is 618. The first-order chi connectivity index (χ1) is 9.24. The minimum absolute atomic E-state index is 0.0770. The average Bonchev–Trinajstić information content (AvgIpc) is 3.23. The number of carbonyl (C=O) groups is 1. The van der Waals surface area contributed by atoms with Gasteiger partial charge in [0.25, 0.3) is 0 Å². The summed E-state index contributed by atoms with van der Waals surface area (Å²) in [7, 11) is 0. The highest BCUT2D eigenvalue weighted by atomic mass is 35.5. The van der Waals surface area contributed by atoms with Gasteiger partial charge in [-0.1, -0.05) is 35.9 Å². The first-order valence-corrected chi connectivity index (χ1v) is 6.68. The predicted molar refractivity (Wildman–Crippen MR) is 75.0 cm³/mol. The molecule has 1 aliphatic carbocycles. The van der Waals surface area contributed by atoms with Gasteiger partial charge in [-0.15, -0.1) is 0 Å². The van der Waals surface area contributed by atoms with Crippen LogP contribution < -0.4 is 4.74 Å². The van der Waals surface area contributed by atoms with Crippen molar-refractivity contribution in [2.75, 3.05) is 0 Å². The van der Waals surface area contributed by atoms with Crippen LogP contribution in [0.1, 0.15) is 28.8 Å². The number of halogens is 1. The molecule has 2 nitrogen and oxygen atoms in total. The van der Waals surface area contributed by atoms with E-state index in [-0.39, 0.29) is 5.78 Å². The van der Waals surface area contributed by atoms with Crippen LogP contribution in [-0.2, 0) is 0 Å². The van der Waals surface area contributed by atoms with Gasteiger partial charge in [-0.2, -0.15) is 0 Å². The zero-order valence-corrected chi connectivity index (χ0v) is 11.1. The summed E-state index contributed by atoms with van der Waals surface area (Å²) in [6.45, 7) is 0. The van der Waals surface area contributed by atoms with Gasteiger partial charge in [0.1, 0.15) is 5.75 Å². The van der Waals surface area contributed by atoms with Gasteiger partial charge in [0, 0.05) is 11.1 Å². The Morgan fingerprint density at radius 1 is 1.11 bits per heavy atom. The van der Waals surface area contributed by atoms with Crippen molar-refractivity contribution < 1.29 is 9.53 Å². The van der Waals surface area contributed by atoms with E-state index < -0.39 is 0 Å². The van der Waals surface area contributed by atoms with Gasteiger partial charge in [-0.05, 0) is 37.1 Å². The van der Waals surface area contributed by atoms with Crippen molar-refractivity contribution in [3.8, 4) is 5.75 Å². The Hall–Kier alpha value is -1.80. The van der Waals surface area contributed by atoms with E-state index in [0.29, 0.717) is 22.3 Å². The first kappa shape index (κ1) is 12.2. The first-order valence-electron chi connectivity index (χ1n) is 6.30. The zero-order chi connectivity index (χ0) is 13.2. The van der Waals surface area contributed by atoms with Crippen LogP contribution >= 0.6 is 11.6 Å².